The number of fused-ring (bicyclic) bond motifs is 3. The van der Waals surface area contributed by atoms with E-state index in [1.165, 1.54) is 11.6 Å². The molecular weight excluding hydrogens is 237 g/mol. The van der Waals surface area contributed by atoms with Crippen LogP contribution in [0.2, 0.25) is 0 Å². The Balaban J connectivity index is 2.24. The van der Waals surface area contributed by atoms with Gasteiger partial charge in [-0.25, -0.2) is 4.39 Å². The van der Waals surface area contributed by atoms with E-state index in [4.69, 9.17) is 5.73 Å². The van der Waals surface area contributed by atoms with E-state index < -0.39 is 0 Å². The molecule has 2 aromatic rings. The zero-order chi connectivity index (χ0) is 13.8. The maximum absolute atomic E-state index is 14.0. The molecule has 98 valence electrons. The topological polar surface area (TPSA) is 26.0 Å². The van der Waals surface area contributed by atoms with Crippen molar-refractivity contribution in [3.63, 3.8) is 0 Å². The van der Waals surface area contributed by atoms with Crippen molar-refractivity contribution in [2.24, 2.45) is 5.73 Å². The minimum Gasteiger partial charge on any atom is -0.320 e. The molecule has 2 aromatic carbocycles. The smallest absolute Gasteiger partial charge is 0.131 e. The fourth-order valence-corrected chi connectivity index (χ4v) is 2.77. The lowest BCUT2D eigenvalue weighted by molar-refractivity contribution is 0.589. The standard InChI is InChI=1S/C17H18FN/c1-17(2,3)10-7-8-11-13(9-10)16(19)12-5-4-6-14(18)15(11)12/h4-9,16H,19H2,1-3H3. The number of hydrogen-bond donors (Lipinski definition) is 1. The van der Waals surface area contributed by atoms with Crippen LogP contribution in [0.25, 0.3) is 11.1 Å². The minimum absolute atomic E-state index is 0.0715. The van der Waals surface area contributed by atoms with Gasteiger partial charge in [-0.3, -0.25) is 0 Å². The molecular formula is C17H18FN. The minimum atomic E-state index is -0.219. The first-order valence-electron chi connectivity index (χ1n) is 6.58. The Kier molecular flexibility index (Phi) is 2.55. The van der Waals surface area contributed by atoms with Crippen molar-refractivity contribution in [3.05, 3.63) is 58.9 Å². The van der Waals surface area contributed by atoms with Gasteiger partial charge in [0.25, 0.3) is 0 Å². The fraction of sp³-hybridized carbons (Fsp3) is 0.294. The Morgan fingerprint density at radius 1 is 1.05 bits per heavy atom. The van der Waals surface area contributed by atoms with Crippen LogP contribution in [0.15, 0.2) is 36.4 Å². The first kappa shape index (κ1) is 12.4. The van der Waals surface area contributed by atoms with Crippen molar-refractivity contribution in [2.75, 3.05) is 0 Å². The highest BCUT2D eigenvalue weighted by Gasteiger charge is 2.29. The molecule has 0 fully saturated rings. The van der Waals surface area contributed by atoms with Crippen LogP contribution in [0, 0.1) is 5.82 Å². The van der Waals surface area contributed by atoms with E-state index in [1.54, 1.807) is 6.07 Å². The van der Waals surface area contributed by atoms with E-state index in [1.807, 2.05) is 12.1 Å². The molecule has 1 aliphatic carbocycles. The van der Waals surface area contributed by atoms with Gasteiger partial charge in [0.15, 0.2) is 0 Å². The summed E-state index contributed by atoms with van der Waals surface area (Å²) in [6.45, 7) is 6.51. The zero-order valence-electron chi connectivity index (χ0n) is 11.5. The Bertz CT molecular complexity index is 653. The molecule has 2 N–H and O–H groups in total. The van der Waals surface area contributed by atoms with Crippen molar-refractivity contribution in [1.29, 1.82) is 0 Å². The van der Waals surface area contributed by atoms with Gasteiger partial charge >= 0.3 is 0 Å². The van der Waals surface area contributed by atoms with Gasteiger partial charge in [0.1, 0.15) is 5.82 Å². The lowest BCUT2D eigenvalue weighted by Gasteiger charge is -2.20. The molecule has 1 aliphatic rings. The van der Waals surface area contributed by atoms with E-state index in [2.05, 4.69) is 32.9 Å². The number of halogens is 1. The van der Waals surface area contributed by atoms with Gasteiger partial charge in [-0.15, -0.1) is 0 Å². The summed E-state index contributed by atoms with van der Waals surface area (Å²) >= 11 is 0. The summed E-state index contributed by atoms with van der Waals surface area (Å²) in [5.74, 6) is -0.185. The van der Waals surface area contributed by atoms with Crippen LogP contribution in [-0.2, 0) is 5.41 Å². The molecule has 0 aliphatic heterocycles. The number of nitrogens with two attached hydrogens (primary N) is 1. The van der Waals surface area contributed by atoms with Gasteiger partial charge < -0.3 is 5.73 Å². The van der Waals surface area contributed by atoms with Crippen LogP contribution in [0.3, 0.4) is 0 Å². The molecule has 0 saturated heterocycles. The number of rotatable bonds is 0. The third-order valence-electron chi connectivity index (χ3n) is 3.90. The molecule has 2 heteroatoms. The molecule has 1 atom stereocenters. The van der Waals surface area contributed by atoms with Gasteiger partial charge in [-0.1, -0.05) is 51.1 Å². The molecule has 0 radical (unpaired) electrons. The zero-order valence-corrected chi connectivity index (χ0v) is 11.5. The SMILES string of the molecule is CC(C)(C)c1ccc2c(c1)C(N)c1cccc(F)c1-2. The molecule has 19 heavy (non-hydrogen) atoms. The fourth-order valence-electron chi connectivity index (χ4n) is 2.77. The van der Waals surface area contributed by atoms with Crippen molar-refractivity contribution < 1.29 is 4.39 Å². The van der Waals surface area contributed by atoms with Crippen molar-refractivity contribution in [2.45, 2.75) is 32.2 Å². The number of benzene rings is 2. The summed E-state index contributed by atoms with van der Waals surface area (Å²) < 4.78 is 14.0. The van der Waals surface area contributed by atoms with E-state index in [0.29, 0.717) is 5.56 Å². The van der Waals surface area contributed by atoms with Crippen molar-refractivity contribution in [1.82, 2.24) is 0 Å². The summed E-state index contributed by atoms with van der Waals surface area (Å²) in [6, 6.07) is 11.1. The van der Waals surface area contributed by atoms with Crippen LogP contribution in [-0.4, -0.2) is 0 Å². The summed E-state index contributed by atoms with van der Waals surface area (Å²) in [6.07, 6.45) is 0. The Hall–Kier alpha value is -1.67. The highest BCUT2D eigenvalue weighted by Crippen LogP contribution is 2.44. The maximum atomic E-state index is 14.0. The van der Waals surface area contributed by atoms with Crippen molar-refractivity contribution in [3.8, 4) is 11.1 Å². The molecule has 0 bridgehead atoms. The molecule has 0 saturated carbocycles. The molecule has 0 aromatic heterocycles. The lowest BCUT2D eigenvalue weighted by Crippen LogP contribution is -2.13. The van der Waals surface area contributed by atoms with Gasteiger partial charge in [0.05, 0.1) is 6.04 Å². The molecule has 0 amide bonds. The quantitative estimate of drug-likeness (QED) is 0.752. The van der Waals surface area contributed by atoms with Gasteiger partial charge in [-0.05, 0) is 33.7 Å². The summed E-state index contributed by atoms with van der Waals surface area (Å²) in [4.78, 5) is 0. The average Bonchev–Trinajstić information content (AvgIpc) is 2.63. The number of hydrogen-bond acceptors (Lipinski definition) is 1. The average molecular weight is 255 g/mol. The van der Waals surface area contributed by atoms with Gasteiger partial charge in [0.2, 0.25) is 0 Å². The lowest BCUT2D eigenvalue weighted by atomic mass is 9.85. The van der Waals surface area contributed by atoms with Gasteiger partial charge in [0, 0.05) is 5.56 Å². The highest BCUT2D eigenvalue weighted by atomic mass is 19.1. The molecule has 3 rings (SSSR count). The molecule has 1 nitrogen and oxygen atoms in total. The predicted octanol–water partition coefficient (Wildman–Crippen LogP) is 4.15. The summed E-state index contributed by atoms with van der Waals surface area (Å²) in [5.41, 5.74) is 11.1. The van der Waals surface area contributed by atoms with E-state index in [0.717, 1.165) is 16.7 Å². The predicted molar refractivity (Wildman–Crippen MR) is 76.6 cm³/mol. The summed E-state index contributed by atoms with van der Waals surface area (Å²) in [7, 11) is 0. The van der Waals surface area contributed by atoms with Crippen LogP contribution >= 0.6 is 0 Å². The van der Waals surface area contributed by atoms with Crippen LogP contribution < -0.4 is 5.73 Å². The molecule has 0 spiro atoms. The largest absolute Gasteiger partial charge is 0.320 e. The monoisotopic (exact) mass is 255 g/mol. The second-order valence-corrected chi connectivity index (χ2v) is 6.23. The first-order chi connectivity index (χ1) is 8.89. The second kappa shape index (κ2) is 3.91. The third-order valence-corrected chi connectivity index (χ3v) is 3.90. The normalized spacial score (nSPS) is 17.2. The summed E-state index contributed by atoms with van der Waals surface area (Å²) in [5, 5.41) is 0. The Morgan fingerprint density at radius 2 is 1.79 bits per heavy atom. The molecule has 0 heterocycles. The molecule has 1 unspecified atom stereocenters. The van der Waals surface area contributed by atoms with Crippen molar-refractivity contribution >= 4 is 0 Å². The first-order valence-corrected chi connectivity index (χ1v) is 6.58. The van der Waals surface area contributed by atoms with Gasteiger partial charge in [-0.2, -0.15) is 0 Å². The van der Waals surface area contributed by atoms with E-state index in [9.17, 15) is 4.39 Å². The van der Waals surface area contributed by atoms with Crippen LogP contribution in [0.1, 0.15) is 43.5 Å². The van der Waals surface area contributed by atoms with Crippen LogP contribution in [0.4, 0.5) is 4.39 Å². The Labute approximate surface area is 113 Å². The maximum Gasteiger partial charge on any atom is 0.131 e. The van der Waals surface area contributed by atoms with E-state index in [-0.39, 0.29) is 17.3 Å². The second-order valence-electron chi connectivity index (χ2n) is 6.23. The van der Waals surface area contributed by atoms with Crippen LogP contribution in [0.5, 0.6) is 0 Å². The Morgan fingerprint density at radius 3 is 2.47 bits per heavy atom. The van der Waals surface area contributed by atoms with E-state index >= 15 is 0 Å². The third kappa shape index (κ3) is 1.79. The highest BCUT2D eigenvalue weighted by molar-refractivity contribution is 5.79.